The number of aromatic nitrogens is 2. The number of fused-ring (bicyclic) bond motifs is 1. The monoisotopic (exact) mass is 308 g/mol. The molecule has 2 aliphatic heterocycles. The van der Waals surface area contributed by atoms with Crippen LogP contribution in [0.3, 0.4) is 0 Å². The number of carbonyl (C=O) groups excluding carboxylic acids is 1. The lowest BCUT2D eigenvalue weighted by atomic mass is 9.92. The highest BCUT2D eigenvalue weighted by atomic mass is 32.1. The molecule has 1 saturated carbocycles. The summed E-state index contributed by atoms with van der Waals surface area (Å²) in [6, 6.07) is 0. The molecule has 1 N–H and O–H groups in total. The molecule has 2 saturated heterocycles. The Labute approximate surface area is 127 Å². The van der Waals surface area contributed by atoms with Crippen LogP contribution in [-0.2, 0) is 9.53 Å². The van der Waals surface area contributed by atoms with Crippen LogP contribution in [0.25, 0.3) is 0 Å². The topological polar surface area (TPSA) is 67.4 Å². The zero-order chi connectivity index (χ0) is 14.4. The van der Waals surface area contributed by atoms with Crippen molar-refractivity contribution in [2.24, 2.45) is 17.8 Å². The van der Waals surface area contributed by atoms with Gasteiger partial charge in [-0.1, -0.05) is 11.3 Å². The summed E-state index contributed by atoms with van der Waals surface area (Å²) >= 11 is 1.60. The fourth-order valence-electron chi connectivity index (χ4n) is 3.25. The maximum atomic E-state index is 12.3. The summed E-state index contributed by atoms with van der Waals surface area (Å²) in [6.45, 7) is 5.04. The Morgan fingerprint density at radius 3 is 3.00 bits per heavy atom. The first kappa shape index (κ1) is 13.5. The summed E-state index contributed by atoms with van der Waals surface area (Å²) in [5.74, 6) is 1.17. The molecule has 4 rings (SSSR count). The van der Waals surface area contributed by atoms with Gasteiger partial charge in [-0.2, -0.15) is 0 Å². The smallest absolute Gasteiger partial charge is 0.225 e. The number of hydrogen-bond donors (Lipinski definition) is 1. The van der Waals surface area contributed by atoms with Crippen molar-refractivity contribution in [2.45, 2.75) is 25.9 Å². The Morgan fingerprint density at radius 1 is 1.43 bits per heavy atom. The molecule has 0 spiro atoms. The van der Waals surface area contributed by atoms with Crippen molar-refractivity contribution in [1.82, 2.24) is 15.5 Å². The first-order valence-corrected chi connectivity index (χ1v) is 8.46. The second kappa shape index (κ2) is 5.21. The van der Waals surface area contributed by atoms with E-state index >= 15 is 0 Å². The molecule has 114 valence electrons. The van der Waals surface area contributed by atoms with Gasteiger partial charge in [0, 0.05) is 25.6 Å². The van der Waals surface area contributed by atoms with Gasteiger partial charge >= 0.3 is 0 Å². The van der Waals surface area contributed by atoms with Crippen molar-refractivity contribution in [2.75, 3.05) is 31.1 Å². The fourth-order valence-corrected chi connectivity index (χ4v) is 3.96. The summed E-state index contributed by atoms with van der Waals surface area (Å²) in [4.78, 5) is 14.5. The number of nitrogens with zero attached hydrogens (tertiary/aromatic N) is 3. The van der Waals surface area contributed by atoms with Crippen LogP contribution in [0.2, 0.25) is 0 Å². The summed E-state index contributed by atoms with van der Waals surface area (Å²) < 4.78 is 5.85. The van der Waals surface area contributed by atoms with Crippen LogP contribution < -0.4 is 10.2 Å². The van der Waals surface area contributed by atoms with E-state index in [0.717, 1.165) is 35.7 Å². The number of aryl methyl sites for hydroxylation is 1. The Hall–Kier alpha value is -1.21. The van der Waals surface area contributed by atoms with Crippen molar-refractivity contribution in [3.8, 4) is 0 Å². The summed E-state index contributed by atoms with van der Waals surface area (Å²) in [5, 5.41) is 13.3. The number of hydrogen-bond acceptors (Lipinski definition) is 6. The molecule has 1 amide bonds. The number of rotatable bonds is 4. The first-order valence-electron chi connectivity index (χ1n) is 7.65. The SMILES string of the molecule is Cc1nnc(N2C[C@@H]3[C@@H](C(=O)NCC4CC4)CO[C@@H]3C2)s1. The van der Waals surface area contributed by atoms with Gasteiger partial charge in [0.15, 0.2) is 0 Å². The minimum atomic E-state index is -0.00670. The molecule has 3 aliphatic rings. The fraction of sp³-hybridized carbons (Fsp3) is 0.786. The van der Waals surface area contributed by atoms with Crippen LogP contribution in [0.15, 0.2) is 0 Å². The molecule has 3 fully saturated rings. The van der Waals surface area contributed by atoms with Crippen LogP contribution in [0.5, 0.6) is 0 Å². The molecule has 0 radical (unpaired) electrons. The van der Waals surface area contributed by atoms with Crippen LogP contribution in [-0.4, -0.2) is 48.4 Å². The molecule has 3 atom stereocenters. The lowest BCUT2D eigenvalue weighted by Gasteiger charge is -2.18. The minimum Gasteiger partial charge on any atom is -0.375 e. The largest absolute Gasteiger partial charge is 0.375 e. The molecule has 0 aromatic carbocycles. The number of nitrogens with one attached hydrogen (secondary N) is 1. The lowest BCUT2D eigenvalue weighted by molar-refractivity contribution is -0.125. The highest BCUT2D eigenvalue weighted by molar-refractivity contribution is 7.15. The molecule has 1 aromatic heterocycles. The van der Waals surface area contributed by atoms with E-state index in [9.17, 15) is 4.79 Å². The first-order chi connectivity index (χ1) is 10.2. The predicted molar refractivity (Wildman–Crippen MR) is 79.3 cm³/mol. The summed E-state index contributed by atoms with van der Waals surface area (Å²) in [7, 11) is 0. The van der Waals surface area contributed by atoms with E-state index in [-0.39, 0.29) is 23.8 Å². The normalized spacial score (nSPS) is 31.5. The van der Waals surface area contributed by atoms with E-state index in [2.05, 4.69) is 20.4 Å². The Morgan fingerprint density at radius 2 is 2.29 bits per heavy atom. The van der Waals surface area contributed by atoms with Gasteiger partial charge in [0.1, 0.15) is 5.01 Å². The maximum absolute atomic E-state index is 12.3. The second-order valence-electron chi connectivity index (χ2n) is 6.34. The molecule has 0 unspecified atom stereocenters. The average molecular weight is 308 g/mol. The second-order valence-corrected chi connectivity index (χ2v) is 7.50. The highest BCUT2D eigenvalue weighted by Crippen LogP contribution is 2.37. The standard InChI is InChI=1S/C14H20N4O2S/c1-8-16-17-14(21-8)18-5-10-11(7-20-12(10)6-18)13(19)15-4-9-2-3-9/h9-12H,2-7H2,1H3,(H,15,19)/t10-,11+,12-/m1/s1. The third-order valence-corrected chi connectivity index (χ3v) is 5.60. The third-order valence-electron chi connectivity index (χ3n) is 4.70. The van der Waals surface area contributed by atoms with Crippen LogP contribution in [0.4, 0.5) is 5.13 Å². The van der Waals surface area contributed by atoms with E-state index in [4.69, 9.17) is 4.74 Å². The van der Waals surface area contributed by atoms with E-state index in [0.29, 0.717) is 6.61 Å². The van der Waals surface area contributed by atoms with Crippen molar-refractivity contribution >= 4 is 22.4 Å². The Bertz CT molecular complexity index is 545. The van der Waals surface area contributed by atoms with Crippen LogP contribution in [0, 0.1) is 24.7 Å². The summed E-state index contributed by atoms with van der Waals surface area (Å²) in [5.41, 5.74) is 0. The zero-order valence-corrected chi connectivity index (χ0v) is 12.9. The number of anilines is 1. The van der Waals surface area contributed by atoms with E-state index < -0.39 is 0 Å². The van der Waals surface area contributed by atoms with Gasteiger partial charge in [-0.15, -0.1) is 10.2 Å². The quantitative estimate of drug-likeness (QED) is 0.892. The number of ether oxygens (including phenoxy) is 1. The van der Waals surface area contributed by atoms with E-state index in [1.165, 1.54) is 12.8 Å². The average Bonchev–Trinajstić information content (AvgIpc) is 2.84. The minimum absolute atomic E-state index is 0.00670. The van der Waals surface area contributed by atoms with Crippen molar-refractivity contribution in [3.63, 3.8) is 0 Å². The zero-order valence-electron chi connectivity index (χ0n) is 12.1. The van der Waals surface area contributed by atoms with Gasteiger partial charge in [0.05, 0.1) is 18.6 Å². The van der Waals surface area contributed by atoms with Crippen LogP contribution >= 0.6 is 11.3 Å². The van der Waals surface area contributed by atoms with Crippen LogP contribution in [0.1, 0.15) is 17.8 Å². The van der Waals surface area contributed by atoms with Gasteiger partial charge < -0.3 is 15.0 Å². The molecule has 7 heteroatoms. The molecular formula is C14H20N4O2S. The Balaban J connectivity index is 1.39. The van der Waals surface area contributed by atoms with Gasteiger partial charge in [-0.25, -0.2) is 0 Å². The molecule has 0 bridgehead atoms. The van der Waals surface area contributed by atoms with Crippen molar-refractivity contribution in [3.05, 3.63) is 5.01 Å². The molecular weight excluding hydrogens is 288 g/mol. The van der Waals surface area contributed by atoms with E-state index in [1.54, 1.807) is 11.3 Å². The highest BCUT2D eigenvalue weighted by Gasteiger charge is 2.47. The van der Waals surface area contributed by atoms with Gasteiger partial charge in [0.2, 0.25) is 11.0 Å². The number of amides is 1. The lowest BCUT2D eigenvalue weighted by Crippen LogP contribution is -2.37. The number of carbonyl (C=O) groups is 1. The van der Waals surface area contributed by atoms with E-state index in [1.807, 2.05) is 6.92 Å². The molecule has 21 heavy (non-hydrogen) atoms. The molecule has 6 nitrogen and oxygen atoms in total. The molecule has 3 heterocycles. The van der Waals surface area contributed by atoms with Gasteiger partial charge in [-0.3, -0.25) is 4.79 Å². The van der Waals surface area contributed by atoms with Crippen molar-refractivity contribution < 1.29 is 9.53 Å². The van der Waals surface area contributed by atoms with Gasteiger partial charge in [-0.05, 0) is 25.7 Å². The predicted octanol–water partition coefficient (Wildman–Crippen LogP) is 0.824. The third kappa shape index (κ3) is 2.64. The molecule has 1 aromatic rings. The van der Waals surface area contributed by atoms with Gasteiger partial charge in [0.25, 0.3) is 0 Å². The van der Waals surface area contributed by atoms with Crippen molar-refractivity contribution in [1.29, 1.82) is 0 Å². The summed E-state index contributed by atoms with van der Waals surface area (Å²) in [6.07, 6.45) is 2.68. The Kier molecular flexibility index (Phi) is 3.34. The molecule has 1 aliphatic carbocycles. The maximum Gasteiger partial charge on any atom is 0.225 e.